The molecule has 1 amide bonds. The van der Waals surface area contributed by atoms with E-state index in [1.54, 1.807) is 4.90 Å². The van der Waals surface area contributed by atoms with E-state index in [9.17, 15) is 9.59 Å². The smallest absolute Gasteiger partial charge is 0.316 e. The second-order valence-corrected chi connectivity index (χ2v) is 7.97. The van der Waals surface area contributed by atoms with Gasteiger partial charge in [0.15, 0.2) is 12.2 Å². The van der Waals surface area contributed by atoms with Crippen LogP contribution in [0.1, 0.15) is 5.56 Å². The van der Waals surface area contributed by atoms with Crippen LogP contribution in [0.25, 0.3) is 11.1 Å². The lowest BCUT2D eigenvalue weighted by molar-refractivity contribution is -0.150. The molecular weight excluding hydrogens is 402 g/mol. The first kappa shape index (κ1) is 20.4. The summed E-state index contributed by atoms with van der Waals surface area (Å²) in [4.78, 5) is 32.7. The Morgan fingerprint density at radius 2 is 1.73 bits per heavy atom. The molecule has 1 saturated heterocycles. The summed E-state index contributed by atoms with van der Waals surface area (Å²) in [6, 6.07) is 17.7. The molecule has 30 heavy (non-hydrogen) atoms. The number of hydrogen-bond donors (Lipinski definition) is 0. The first-order valence-corrected chi connectivity index (χ1v) is 10.8. The molecule has 1 aliphatic heterocycles. The number of thioether (sulfide) groups is 1. The number of piperazine rings is 1. The third-order valence-electron chi connectivity index (χ3n) is 4.92. The molecule has 1 aliphatic rings. The molecule has 0 aliphatic carbocycles. The Morgan fingerprint density at radius 1 is 1.00 bits per heavy atom. The maximum absolute atomic E-state index is 12.4. The van der Waals surface area contributed by atoms with Crippen LogP contribution in [0.15, 0.2) is 64.2 Å². The van der Waals surface area contributed by atoms with Crippen LogP contribution in [0.4, 0.5) is 0 Å². The minimum absolute atomic E-state index is 0.0466. The molecule has 0 N–H and O–H groups in total. The normalized spacial score (nSPS) is 14.7. The van der Waals surface area contributed by atoms with Crippen LogP contribution in [0, 0.1) is 0 Å². The van der Waals surface area contributed by atoms with Crippen LogP contribution in [0.2, 0.25) is 0 Å². The van der Waals surface area contributed by atoms with E-state index in [-0.39, 0.29) is 18.3 Å². The summed E-state index contributed by atoms with van der Waals surface area (Å²) in [5.41, 5.74) is 2.69. The number of benzene rings is 2. The van der Waals surface area contributed by atoms with Crippen molar-refractivity contribution in [3.63, 3.8) is 0 Å². The van der Waals surface area contributed by atoms with E-state index >= 15 is 0 Å². The lowest BCUT2D eigenvalue weighted by atomic mass is 10.2. The SMILES string of the molecule is O=C(CSc1nc2ccccc2o1)OCC(=O)N1CCN(Cc2ccccc2)CC1. The summed E-state index contributed by atoms with van der Waals surface area (Å²) in [5, 5.41) is 0.411. The predicted octanol–water partition coefficient (Wildman–Crippen LogP) is 2.81. The molecular formula is C22H23N3O4S. The number of hydrogen-bond acceptors (Lipinski definition) is 7. The topological polar surface area (TPSA) is 75.9 Å². The Labute approximate surface area is 179 Å². The Hall–Kier alpha value is -2.84. The van der Waals surface area contributed by atoms with Gasteiger partial charge < -0.3 is 14.1 Å². The van der Waals surface area contributed by atoms with Crippen molar-refractivity contribution in [3.8, 4) is 0 Å². The zero-order valence-electron chi connectivity index (χ0n) is 16.5. The van der Waals surface area contributed by atoms with E-state index < -0.39 is 5.97 Å². The van der Waals surface area contributed by atoms with Crippen LogP contribution >= 0.6 is 11.8 Å². The number of aromatic nitrogens is 1. The molecule has 4 rings (SSSR count). The molecule has 156 valence electrons. The molecule has 0 saturated carbocycles. The molecule has 0 spiro atoms. The van der Waals surface area contributed by atoms with E-state index in [1.165, 1.54) is 5.56 Å². The van der Waals surface area contributed by atoms with Crippen LogP contribution in [0.3, 0.4) is 0 Å². The van der Waals surface area contributed by atoms with Crippen LogP contribution in [0.5, 0.6) is 0 Å². The third kappa shape index (κ3) is 5.40. The van der Waals surface area contributed by atoms with Crippen molar-refractivity contribution in [1.82, 2.24) is 14.8 Å². The highest BCUT2D eigenvalue weighted by Gasteiger charge is 2.22. The van der Waals surface area contributed by atoms with Gasteiger partial charge in [0.25, 0.3) is 11.1 Å². The maximum Gasteiger partial charge on any atom is 0.316 e. The predicted molar refractivity (Wildman–Crippen MR) is 114 cm³/mol. The van der Waals surface area contributed by atoms with Gasteiger partial charge in [0.1, 0.15) is 11.3 Å². The summed E-state index contributed by atoms with van der Waals surface area (Å²) in [6.07, 6.45) is 0. The van der Waals surface area contributed by atoms with Crippen molar-refractivity contribution in [2.75, 3.05) is 38.5 Å². The van der Waals surface area contributed by atoms with Crippen molar-refractivity contribution in [2.45, 2.75) is 11.8 Å². The second-order valence-electron chi connectivity index (χ2n) is 7.04. The van der Waals surface area contributed by atoms with Crippen LogP contribution < -0.4 is 0 Å². The van der Waals surface area contributed by atoms with E-state index in [1.807, 2.05) is 42.5 Å². The molecule has 3 aromatic rings. The fourth-order valence-corrected chi connectivity index (χ4v) is 3.94. The zero-order chi connectivity index (χ0) is 20.8. The minimum Gasteiger partial charge on any atom is -0.455 e. The summed E-state index contributed by atoms with van der Waals surface area (Å²) in [7, 11) is 0. The van der Waals surface area contributed by atoms with Gasteiger partial charge in [-0.25, -0.2) is 4.98 Å². The lowest BCUT2D eigenvalue weighted by Crippen LogP contribution is -2.49. The summed E-state index contributed by atoms with van der Waals surface area (Å²) < 4.78 is 10.7. The van der Waals surface area contributed by atoms with Gasteiger partial charge in [-0.05, 0) is 17.7 Å². The number of esters is 1. The molecule has 0 bridgehead atoms. The largest absolute Gasteiger partial charge is 0.455 e. The first-order valence-electron chi connectivity index (χ1n) is 9.85. The van der Waals surface area contributed by atoms with E-state index in [4.69, 9.17) is 9.15 Å². The molecule has 1 aromatic heterocycles. The van der Waals surface area contributed by atoms with Gasteiger partial charge in [-0.3, -0.25) is 14.5 Å². The number of nitrogens with zero attached hydrogens (tertiary/aromatic N) is 3. The van der Waals surface area contributed by atoms with E-state index in [2.05, 4.69) is 22.0 Å². The lowest BCUT2D eigenvalue weighted by Gasteiger charge is -2.34. The van der Waals surface area contributed by atoms with Crippen molar-refractivity contribution in [2.24, 2.45) is 0 Å². The zero-order valence-corrected chi connectivity index (χ0v) is 17.3. The summed E-state index contributed by atoms with van der Waals surface area (Å²) >= 11 is 1.16. The minimum atomic E-state index is -0.460. The van der Waals surface area contributed by atoms with Crippen LogP contribution in [-0.2, 0) is 20.9 Å². The number of para-hydroxylation sites is 2. The van der Waals surface area contributed by atoms with E-state index in [0.717, 1.165) is 36.9 Å². The van der Waals surface area contributed by atoms with Gasteiger partial charge >= 0.3 is 5.97 Å². The standard InChI is InChI=1S/C22H23N3O4S/c26-20(25-12-10-24(11-13-25)14-17-6-2-1-3-7-17)15-28-21(27)16-30-22-23-18-8-4-5-9-19(18)29-22/h1-9H,10-16H2. The van der Waals surface area contributed by atoms with E-state index in [0.29, 0.717) is 23.9 Å². The van der Waals surface area contributed by atoms with Crippen molar-refractivity contribution in [3.05, 3.63) is 60.2 Å². The van der Waals surface area contributed by atoms with Gasteiger partial charge in [-0.1, -0.05) is 54.2 Å². The van der Waals surface area contributed by atoms with Crippen molar-refractivity contribution < 1.29 is 18.7 Å². The highest BCUT2D eigenvalue weighted by molar-refractivity contribution is 7.99. The van der Waals surface area contributed by atoms with Gasteiger partial charge in [0, 0.05) is 32.7 Å². The second kappa shape index (κ2) is 9.77. The van der Waals surface area contributed by atoms with Gasteiger partial charge in [0.05, 0.1) is 0 Å². The number of carbonyl (C=O) groups is 2. The van der Waals surface area contributed by atoms with Gasteiger partial charge in [-0.2, -0.15) is 0 Å². The van der Waals surface area contributed by atoms with Crippen molar-refractivity contribution >= 4 is 34.7 Å². The third-order valence-corrected chi connectivity index (χ3v) is 5.72. The quantitative estimate of drug-likeness (QED) is 0.426. The van der Waals surface area contributed by atoms with Crippen molar-refractivity contribution in [1.29, 1.82) is 0 Å². The summed E-state index contributed by atoms with van der Waals surface area (Å²) in [6.45, 7) is 3.54. The average molecular weight is 426 g/mol. The molecule has 0 atom stereocenters. The Kier molecular flexibility index (Phi) is 6.66. The number of amides is 1. The molecule has 0 unspecified atom stereocenters. The highest BCUT2D eigenvalue weighted by atomic mass is 32.2. The molecule has 8 heteroatoms. The molecule has 7 nitrogen and oxygen atoms in total. The monoisotopic (exact) mass is 425 g/mol. The Balaban J connectivity index is 1.16. The summed E-state index contributed by atoms with van der Waals surface area (Å²) in [5.74, 6) is -0.571. The highest BCUT2D eigenvalue weighted by Crippen LogP contribution is 2.23. The van der Waals surface area contributed by atoms with Gasteiger partial charge in [0.2, 0.25) is 0 Å². The number of rotatable bonds is 7. The molecule has 1 fully saturated rings. The Morgan fingerprint density at radius 3 is 2.50 bits per heavy atom. The molecule has 0 radical (unpaired) electrons. The maximum atomic E-state index is 12.4. The average Bonchev–Trinajstić information content (AvgIpc) is 3.20. The number of carbonyl (C=O) groups excluding carboxylic acids is 2. The molecule has 2 heterocycles. The number of ether oxygens (including phenoxy) is 1. The Bertz CT molecular complexity index is 967. The molecule has 2 aromatic carbocycles. The fourth-order valence-electron chi connectivity index (χ4n) is 3.31. The van der Waals surface area contributed by atoms with Gasteiger partial charge in [-0.15, -0.1) is 0 Å². The first-order chi connectivity index (χ1) is 14.7. The number of fused-ring (bicyclic) bond motifs is 1. The fraction of sp³-hybridized carbons (Fsp3) is 0.318. The van der Waals surface area contributed by atoms with Crippen LogP contribution in [-0.4, -0.2) is 65.2 Å². The number of oxazole rings is 1.